The lowest BCUT2D eigenvalue weighted by Crippen LogP contribution is -2.35. The lowest BCUT2D eigenvalue weighted by molar-refractivity contribution is -0.0979. The molecule has 2 heterocycles. The third-order valence-electron chi connectivity index (χ3n) is 6.52. The van der Waals surface area contributed by atoms with Crippen LogP contribution in [0.1, 0.15) is 69.1 Å². The molecule has 19 heteroatoms. The van der Waals surface area contributed by atoms with Crippen LogP contribution in [0.5, 0.6) is 0 Å². The van der Waals surface area contributed by atoms with Crippen LogP contribution in [0.4, 0.5) is 0 Å². The Morgan fingerprint density at radius 3 is 2.24 bits per heavy atom. The summed E-state index contributed by atoms with van der Waals surface area (Å²) in [5.74, 6) is 0.0140. The van der Waals surface area contributed by atoms with Gasteiger partial charge >= 0.3 is 29.2 Å². The number of ether oxygens (including phenoxy) is 2. The van der Waals surface area contributed by atoms with Gasteiger partial charge in [-0.15, -0.1) is 0 Å². The first kappa shape index (κ1) is 29.0. The average molecular weight is 590 g/mol. The molecule has 0 bridgehead atoms. The van der Waals surface area contributed by atoms with Gasteiger partial charge in [0.1, 0.15) is 12.3 Å². The molecule has 1 aliphatic heterocycles. The van der Waals surface area contributed by atoms with E-state index in [1.165, 1.54) is 10.8 Å². The second-order valence-electron chi connectivity index (χ2n) is 9.21. The first-order valence-electron chi connectivity index (χ1n) is 11.7. The summed E-state index contributed by atoms with van der Waals surface area (Å²) in [6.45, 7) is -0.703. The second-order valence-corrected chi connectivity index (χ2v) is 13.6. The van der Waals surface area contributed by atoms with Crippen molar-refractivity contribution in [2.24, 2.45) is 0 Å². The SMILES string of the molecule is O=c1[nH]c(=O)n([C@H]2CC(OC3CCC3)[C@@H](COP(=O)(O)OP(=O)(O)OP(=O)(O)O)O2)cc1C1CCCC1. The standard InChI is InChI=1S/C18H29N2O14P3/c21-17-13(11-4-1-2-5-11)9-20(18(22)19-17)16-8-14(31-12-6-3-7-12)15(32-16)10-30-36(26,27)34-37(28,29)33-35(23,24)25/h9,11-12,14-16H,1-8,10H2,(H,26,27)(H,28,29)(H,19,21,22)(H2,23,24,25)/t14?,15-,16-/m1/s1. The molecular weight excluding hydrogens is 561 g/mol. The Balaban J connectivity index is 1.49. The fourth-order valence-electron chi connectivity index (χ4n) is 4.63. The maximum atomic E-state index is 12.6. The molecule has 3 unspecified atom stereocenters. The van der Waals surface area contributed by atoms with Crippen molar-refractivity contribution in [3.63, 3.8) is 0 Å². The summed E-state index contributed by atoms with van der Waals surface area (Å²) in [5.41, 5.74) is -0.695. The van der Waals surface area contributed by atoms with Crippen LogP contribution in [0.25, 0.3) is 0 Å². The van der Waals surface area contributed by atoms with Crippen LogP contribution in [-0.2, 0) is 36.3 Å². The molecule has 1 aromatic heterocycles. The van der Waals surface area contributed by atoms with Crippen molar-refractivity contribution in [3.8, 4) is 0 Å². The van der Waals surface area contributed by atoms with Crippen LogP contribution in [0.3, 0.4) is 0 Å². The third kappa shape index (κ3) is 7.78. The van der Waals surface area contributed by atoms with Gasteiger partial charge in [0.15, 0.2) is 0 Å². The topological polar surface area (TPSA) is 233 Å². The van der Waals surface area contributed by atoms with Gasteiger partial charge in [0.05, 0.1) is 18.8 Å². The number of aromatic nitrogens is 2. The number of nitrogens with zero attached hydrogens (tertiary/aromatic N) is 1. The van der Waals surface area contributed by atoms with E-state index in [9.17, 15) is 33.1 Å². The Morgan fingerprint density at radius 2 is 1.65 bits per heavy atom. The molecule has 0 radical (unpaired) electrons. The van der Waals surface area contributed by atoms with Crippen LogP contribution in [0.15, 0.2) is 15.8 Å². The summed E-state index contributed by atoms with van der Waals surface area (Å²) in [7, 11) is -16.6. The highest BCUT2D eigenvalue weighted by Crippen LogP contribution is 2.66. The molecule has 2 saturated carbocycles. The molecule has 2 aliphatic carbocycles. The number of phosphoric ester groups is 1. The van der Waals surface area contributed by atoms with Gasteiger partial charge in [0, 0.05) is 18.2 Å². The van der Waals surface area contributed by atoms with E-state index in [-0.39, 0.29) is 18.4 Å². The largest absolute Gasteiger partial charge is 0.490 e. The molecule has 5 N–H and O–H groups in total. The Bertz CT molecular complexity index is 1230. The number of aromatic amines is 1. The molecule has 1 aromatic rings. The van der Waals surface area contributed by atoms with Gasteiger partial charge in [-0.25, -0.2) is 18.5 Å². The molecule has 3 fully saturated rings. The summed E-state index contributed by atoms with van der Waals surface area (Å²) in [5, 5.41) is 0. The van der Waals surface area contributed by atoms with Gasteiger partial charge in [-0.1, -0.05) is 12.8 Å². The lowest BCUT2D eigenvalue weighted by atomic mass is 9.95. The van der Waals surface area contributed by atoms with Crippen LogP contribution in [-0.4, -0.2) is 54.0 Å². The molecular formula is C18H29N2O14P3. The van der Waals surface area contributed by atoms with Gasteiger partial charge in [-0.05, 0) is 38.0 Å². The first-order chi connectivity index (χ1) is 17.2. The predicted octanol–water partition coefficient (Wildman–Crippen LogP) is 1.76. The maximum Gasteiger partial charge on any atom is 0.490 e. The molecule has 5 atom stereocenters. The molecule has 3 aliphatic rings. The summed E-state index contributed by atoms with van der Waals surface area (Å²) < 4.78 is 59.8. The summed E-state index contributed by atoms with van der Waals surface area (Å²) in [6.07, 6.45) is 4.97. The molecule has 210 valence electrons. The fourth-order valence-corrected chi connectivity index (χ4v) is 7.66. The van der Waals surface area contributed by atoms with Gasteiger partial charge in [0.25, 0.3) is 5.56 Å². The number of phosphoric acid groups is 3. The average Bonchev–Trinajstić information content (AvgIpc) is 3.37. The van der Waals surface area contributed by atoms with E-state index in [1.54, 1.807) is 0 Å². The molecule has 37 heavy (non-hydrogen) atoms. The Morgan fingerprint density at radius 1 is 0.973 bits per heavy atom. The third-order valence-corrected chi connectivity index (χ3v) is 10.3. The van der Waals surface area contributed by atoms with Crippen molar-refractivity contribution in [3.05, 3.63) is 32.6 Å². The zero-order valence-electron chi connectivity index (χ0n) is 19.5. The number of hydrogen-bond acceptors (Lipinski definition) is 10. The Hall–Kier alpha value is -0.990. The minimum absolute atomic E-state index is 0.0140. The predicted molar refractivity (Wildman–Crippen MR) is 123 cm³/mol. The van der Waals surface area contributed by atoms with Gasteiger partial charge in [0.2, 0.25) is 0 Å². The Kier molecular flexibility index (Phi) is 8.81. The zero-order valence-corrected chi connectivity index (χ0v) is 22.2. The zero-order chi connectivity index (χ0) is 27.0. The van der Waals surface area contributed by atoms with Crippen LogP contribution < -0.4 is 11.2 Å². The van der Waals surface area contributed by atoms with Crippen molar-refractivity contribution in [1.29, 1.82) is 0 Å². The Labute approximate surface area is 210 Å². The van der Waals surface area contributed by atoms with E-state index >= 15 is 0 Å². The maximum absolute atomic E-state index is 12.6. The van der Waals surface area contributed by atoms with Crippen LogP contribution in [0.2, 0.25) is 0 Å². The van der Waals surface area contributed by atoms with Crippen molar-refractivity contribution in [2.75, 3.05) is 6.61 Å². The summed E-state index contributed by atoms with van der Waals surface area (Å²) >= 11 is 0. The molecule has 16 nitrogen and oxygen atoms in total. The minimum Gasteiger partial charge on any atom is -0.372 e. The van der Waals surface area contributed by atoms with Crippen molar-refractivity contribution in [1.82, 2.24) is 9.55 Å². The monoisotopic (exact) mass is 590 g/mol. The normalized spacial score (nSPS) is 28.6. The molecule has 1 saturated heterocycles. The van der Waals surface area contributed by atoms with E-state index in [4.69, 9.17) is 23.8 Å². The highest BCUT2D eigenvalue weighted by atomic mass is 31.3. The van der Waals surface area contributed by atoms with E-state index in [1.807, 2.05) is 0 Å². The first-order valence-corrected chi connectivity index (χ1v) is 16.2. The highest BCUT2D eigenvalue weighted by Gasteiger charge is 2.44. The molecule has 0 spiro atoms. The van der Waals surface area contributed by atoms with E-state index in [2.05, 4.69) is 13.6 Å². The number of nitrogens with one attached hydrogen (secondary N) is 1. The van der Waals surface area contributed by atoms with Crippen LogP contribution in [0, 0.1) is 0 Å². The van der Waals surface area contributed by atoms with Gasteiger partial charge in [-0.3, -0.25) is 18.9 Å². The molecule has 4 rings (SSSR count). The highest BCUT2D eigenvalue weighted by molar-refractivity contribution is 7.66. The quantitative estimate of drug-likeness (QED) is 0.231. The second kappa shape index (κ2) is 11.2. The van der Waals surface area contributed by atoms with E-state index < -0.39 is 59.8 Å². The summed E-state index contributed by atoms with van der Waals surface area (Å²) in [4.78, 5) is 63.7. The number of rotatable bonds is 11. The molecule has 0 aromatic carbocycles. The summed E-state index contributed by atoms with van der Waals surface area (Å²) in [6, 6.07) is 0. The smallest absolute Gasteiger partial charge is 0.372 e. The van der Waals surface area contributed by atoms with Gasteiger partial charge < -0.3 is 29.0 Å². The van der Waals surface area contributed by atoms with Crippen molar-refractivity contribution < 1.29 is 55.9 Å². The number of hydrogen-bond donors (Lipinski definition) is 5. The minimum atomic E-state index is -5.67. The number of H-pyrrole nitrogens is 1. The van der Waals surface area contributed by atoms with Crippen molar-refractivity contribution in [2.45, 2.75) is 81.8 Å². The van der Waals surface area contributed by atoms with Gasteiger partial charge in [-0.2, -0.15) is 8.62 Å². The van der Waals surface area contributed by atoms with E-state index in [0.29, 0.717) is 5.56 Å². The molecule has 0 amide bonds. The van der Waals surface area contributed by atoms with Crippen LogP contribution >= 0.6 is 23.5 Å². The lowest BCUT2D eigenvalue weighted by Gasteiger charge is -2.30. The van der Waals surface area contributed by atoms with Crippen molar-refractivity contribution >= 4 is 23.5 Å². The van der Waals surface area contributed by atoms with E-state index in [0.717, 1.165) is 44.9 Å². The fraction of sp³-hybridized carbons (Fsp3) is 0.778.